The quantitative estimate of drug-likeness (QED) is 0.546. The van der Waals surface area contributed by atoms with E-state index in [2.05, 4.69) is 10.6 Å². The van der Waals surface area contributed by atoms with E-state index in [9.17, 15) is 4.79 Å². The Hall–Kier alpha value is -0.990. The molecular formula is C9H14N2O. The Morgan fingerprint density at radius 2 is 2.42 bits per heavy atom. The highest BCUT2D eigenvalue weighted by molar-refractivity contribution is 5.82. The lowest BCUT2D eigenvalue weighted by molar-refractivity contribution is -0.123. The first-order chi connectivity index (χ1) is 5.77. The van der Waals surface area contributed by atoms with Crippen LogP contribution in [0, 0.1) is 5.92 Å². The molecule has 2 unspecified atom stereocenters. The molecule has 66 valence electrons. The summed E-state index contributed by atoms with van der Waals surface area (Å²) in [6.45, 7) is 2.85. The van der Waals surface area contributed by atoms with Crippen LogP contribution < -0.4 is 10.6 Å². The van der Waals surface area contributed by atoms with Crippen molar-refractivity contribution >= 4 is 5.91 Å². The zero-order valence-corrected chi connectivity index (χ0v) is 7.26. The Bertz CT molecular complexity index is 235. The van der Waals surface area contributed by atoms with Gasteiger partial charge in [0.05, 0.1) is 5.92 Å². The summed E-state index contributed by atoms with van der Waals surface area (Å²) in [4.78, 5) is 11.4. The van der Waals surface area contributed by atoms with E-state index < -0.39 is 0 Å². The van der Waals surface area contributed by atoms with Crippen LogP contribution in [0.3, 0.4) is 0 Å². The largest absolute Gasteiger partial charge is 0.385 e. The summed E-state index contributed by atoms with van der Waals surface area (Å²) in [5.74, 6) is 0.259. The molecule has 3 nitrogen and oxygen atoms in total. The normalized spacial score (nSPS) is 34.4. The molecule has 3 heteroatoms. The third kappa shape index (κ3) is 1.19. The van der Waals surface area contributed by atoms with Crippen molar-refractivity contribution in [1.29, 1.82) is 0 Å². The summed E-state index contributed by atoms with van der Waals surface area (Å²) in [7, 11) is 0. The third-order valence-corrected chi connectivity index (χ3v) is 2.57. The van der Waals surface area contributed by atoms with Gasteiger partial charge >= 0.3 is 0 Å². The van der Waals surface area contributed by atoms with Crippen LogP contribution in [0.25, 0.3) is 0 Å². The molecule has 0 spiro atoms. The number of hydrogen-bond acceptors (Lipinski definition) is 2. The molecule has 1 fully saturated rings. The van der Waals surface area contributed by atoms with Crippen molar-refractivity contribution in [3.05, 3.63) is 11.8 Å². The first kappa shape index (κ1) is 7.65. The summed E-state index contributed by atoms with van der Waals surface area (Å²) in [6, 6.07) is 0.354. The number of rotatable bonds is 0. The topological polar surface area (TPSA) is 41.1 Å². The van der Waals surface area contributed by atoms with Crippen LogP contribution in [0.2, 0.25) is 0 Å². The molecule has 2 N–H and O–H groups in total. The summed E-state index contributed by atoms with van der Waals surface area (Å²) < 4.78 is 0. The van der Waals surface area contributed by atoms with Crippen molar-refractivity contribution in [2.75, 3.05) is 6.54 Å². The number of hydrogen-bond donors (Lipinski definition) is 2. The standard InChI is InChI=1S/C9H14N2O/c1-6-5-7-8(11-6)3-2-4-10-9(7)12/h5,7-8,11H,2-4H2,1H3,(H,10,12). The van der Waals surface area contributed by atoms with Crippen LogP contribution in [0.1, 0.15) is 19.8 Å². The smallest absolute Gasteiger partial charge is 0.229 e. The van der Waals surface area contributed by atoms with Gasteiger partial charge in [-0.15, -0.1) is 0 Å². The van der Waals surface area contributed by atoms with Crippen LogP contribution in [0.5, 0.6) is 0 Å². The van der Waals surface area contributed by atoms with Gasteiger partial charge in [-0.2, -0.15) is 0 Å². The van der Waals surface area contributed by atoms with Gasteiger partial charge in [-0.25, -0.2) is 0 Å². The predicted octanol–water partition coefficient (Wildman–Crippen LogP) is 0.388. The molecule has 12 heavy (non-hydrogen) atoms. The van der Waals surface area contributed by atoms with Gasteiger partial charge in [-0.1, -0.05) is 6.08 Å². The van der Waals surface area contributed by atoms with Gasteiger partial charge in [0, 0.05) is 18.3 Å². The highest BCUT2D eigenvalue weighted by atomic mass is 16.1. The molecule has 1 saturated heterocycles. The van der Waals surface area contributed by atoms with Crippen molar-refractivity contribution in [2.45, 2.75) is 25.8 Å². The second kappa shape index (κ2) is 2.81. The van der Waals surface area contributed by atoms with Gasteiger partial charge in [0.25, 0.3) is 0 Å². The first-order valence-corrected chi connectivity index (χ1v) is 4.50. The fraction of sp³-hybridized carbons (Fsp3) is 0.667. The Balaban J connectivity index is 2.17. The van der Waals surface area contributed by atoms with Gasteiger partial charge in [0.1, 0.15) is 0 Å². The van der Waals surface area contributed by atoms with Gasteiger partial charge in [0.15, 0.2) is 0 Å². The number of carbonyl (C=O) groups excluding carboxylic acids is 1. The van der Waals surface area contributed by atoms with E-state index in [1.165, 1.54) is 0 Å². The summed E-state index contributed by atoms with van der Waals surface area (Å²) >= 11 is 0. The van der Waals surface area contributed by atoms with Crippen LogP contribution in [-0.2, 0) is 4.79 Å². The Labute approximate surface area is 72.2 Å². The third-order valence-electron chi connectivity index (χ3n) is 2.57. The van der Waals surface area contributed by atoms with E-state index in [1.54, 1.807) is 0 Å². The van der Waals surface area contributed by atoms with E-state index in [-0.39, 0.29) is 11.8 Å². The summed E-state index contributed by atoms with van der Waals surface area (Å²) in [6.07, 6.45) is 4.21. The minimum absolute atomic E-state index is 0.0764. The fourth-order valence-corrected chi connectivity index (χ4v) is 1.98. The van der Waals surface area contributed by atoms with Gasteiger partial charge in [-0.3, -0.25) is 4.79 Å². The SMILES string of the molecule is CC1=CC2C(=O)NCCCC2N1. The average molecular weight is 166 g/mol. The van der Waals surface area contributed by atoms with Crippen LogP contribution in [-0.4, -0.2) is 18.5 Å². The lowest BCUT2D eigenvalue weighted by Crippen LogP contribution is -2.35. The lowest BCUT2D eigenvalue weighted by Gasteiger charge is -2.14. The van der Waals surface area contributed by atoms with Crippen LogP contribution in [0.15, 0.2) is 11.8 Å². The predicted molar refractivity (Wildman–Crippen MR) is 46.4 cm³/mol. The molecule has 0 bridgehead atoms. The molecule has 2 atom stereocenters. The summed E-state index contributed by atoms with van der Waals surface area (Å²) in [5, 5.41) is 6.24. The minimum atomic E-state index is 0.0764. The van der Waals surface area contributed by atoms with E-state index in [0.29, 0.717) is 6.04 Å². The molecule has 0 aliphatic carbocycles. The second-order valence-corrected chi connectivity index (χ2v) is 3.56. The van der Waals surface area contributed by atoms with E-state index in [1.807, 2.05) is 13.0 Å². The summed E-state index contributed by atoms with van der Waals surface area (Å²) in [5.41, 5.74) is 1.14. The van der Waals surface area contributed by atoms with Crippen molar-refractivity contribution in [2.24, 2.45) is 5.92 Å². The van der Waals surface area contributed by atoms with Gasteiger partial charge in [0.2, 0.25) is 5.91 Å². The number of nitrogens with one attached hydrogen (secondary N) is 2. The molecule has 0 radical (unpaired) electrons. The maximum absolute atomic E-state index is 11.4. The molecular weight excluding hydrogens is 152 g/mol. The molecule has 0 aromatic heterocycles. The van der Waals surface area contributed by atoms with Crippen molar-refractivity contribution in [1.82, 2.24) is 10.6 Å². The van der Waals surface area contributed by atoms with Gasteiger partial charge < -0.3 is 10.6 Å². The Kier molecular flexibility index (Phi) is 1.79. The molecule has 2 aliphatic rings. The number of fused-ring (bicyclic) bond motifs is 1. The minimum Gasteiger partial charge on any atom is -0.385 e. The second-order valence-electron chi connectivity index (χ2n) is 3.56. The molecule has 0 aromatic rings. The molecule has 2 heterocycles. The van der Waals surface area contributed by atoms with E-state index >= 15 is 0 Å². The maximum atomic E-state index is 11.4. The van der Waals surface area contributed by atoms with E-state index in [0.717, 1.165) is 25.1 Å². The number of carbonyl (C=O) groups is 1. The highest BCUT2D eigenvalue weighted by Crippen LogP contribution is 2.22. The van der Waals surface area contributed by atoms with Crippen molar-refractivity contribution < 1.29 is 4.79 Å². The monoisotopic (exact) mass is 166 g/mol. The number of allylic oxidation sites excluding steroid dienone is 1. The molecule has 2 rings (SSSR count). The Morgan fingerprint density at radius 3 is 3.25 bits per heavy atom. The number of amides is 1. The molecule has 2 aliphatic heterocycles. The molecule has 0 saturated carbocycles. The average Bonchev–Trinajstić information content (AvgIpc) is 2.33. The highest BCUT2D eigenvalue weighted by Gasteiger charge is 2.32. The first-order valence-electron chi connectivity index (χ1n) is 4.50. The molecule has 1 amide bonds. The van der Waals surface area contributed by atoms with Gasteiger partial charge in [-0.05, 0) is 19.8 Å². The fourth-order valence-electron chi connectivity index (χ4n) is 1.98. The lowest BCUT2D eigenvalue weighted by atomic mass is 9.99. The van der Waals surface area contributed by atoms with Crippen molar-refractivity contribution in [3.8, 4) is 0 Å². The maximum Gasteiger partial charge on any atom is 0.229 e. The Morgan fingerprint density at radius 1 is 1.58 bits per heavy atom. The van der Waals surface area contributed by atoms with Crippen LogP contribution >= 0.6 is 0 Å². The zero-order chi connectivity index (χ0) is 8.55. The van der Waals surface area contributed by atoms with Crippen molar-refractivity contribution in [3.63, 3.8) is 0 Å². The molecule has 0 aromatic carbocycles. The van der Waals surface area contributed by atoms with E-state index in [4.69, 9.17) is 0 Å². The zero-order valence-electron chi connectivity index (χ0n) is 7.26. The van der Waals surface area contributed by atoms with Crippen LogP contribution in [0.4, 0.5) is 0 Å².